The lowest BCUT2D eigenvalue weighted by Gasteiger charge is -2.12. The molecule has 0 bridgehead atoms. The Morgan fingerprint density at radius 3 is 1.73 bits per heavy atom. The second-order valence-corrected chi connectivity index (χ2v) is 1.65. The number of alkyl halides is 6. The summed E-state index contributed by atoms with van der Waals surface area (Å²) in [6.07, 6.45) is -9.38. The highest BCUT2D eigenvalue weighted by Crippen LogP contribution is 2.24. The SMILES string of the molecule is FC(F)(F)OOC(F)(F)CCl. The van der Waals surface area contributed by atoms with Crippen LogP contribution in [0.25, 0.3) is 0 Å². The lowest BCUT2D eigenvalue weighted by Crippen LogP contribution is -2.27. The van der Waals surface area contributed by atoms with Gasteiger partial charge < -0.3 is 0 Å². The zero-order valence-electron chi connectivity index (χ0n) is 4.79. The first-order valence-electron chi connectivity index (χ1n) is 2.14. The maximum atomic E-state index is 11.7. The Bertz CT molecular complexity index is 123. The molecule has 0 aromatic heterocycles. The number of halogens is 6. The van der Waals surface area contributed by atoms with Crippen molar-refractivity contribution in [2.24, 2.45) is 0 Å². The van der Waals surface area contributed by atoms with Gasteiger partial charge in [-0.15, -0.1) is 29.7 Å². The summed E-state index contributed by atoms with van der Waals surface area (Å²) in [6, 6.07) is 0. The van der Waals surface area contributed by atoms with Gasteiger partial charge in [0.05, 0.1) is 0 Å². The standard InChI is InChI=1S/C3H2ClF5O2/c4-1-2(5,6)10-11-3(7,8)9/h1H2. The van der Waals surface area contributed by atoms with Gasteiger partial charge in [0.1, 0.15) is 5.88 Å². The molecule has 0 atom stereocenters. The van der Waals surface area contributed by atoms with E-state index in [9.17, 15) is 22.0 Å². The third kappa shape index (κ3) is 6.27. The smallest absolute Gasteiger partial charge is 0.172 e. The van der Waals surface area contributed by atoms with Gasteiger partial charge in [0.15, 0.2) is 0 Å². The zero-order chi connectivity index (χ0) is 9.12. The van der Waals surface area contributed by atoms with Gasteiger partial charge in [-0.05, 0) is 0 Å². The molecule has 11 heavy (non-hydrogen) atoms. The van der Waals surface area contributed by atoms with Gasteiger partial charge in [-0.1, -0.05) is 0 Å². The summed E-state index contributed by atoms with van der Waals surface area (Å²) in [6.45, 7) is 0. The fourth-order valence-electron chi connectivity index (χ4n) is 0.130. The van der Waals surface area contributed by atoms with Crippen LogP contribution in [0.15, 0.2) is 0 Å². The average molecular weight is 200 g/mol. The molecule has 0 aliphatic heterocycles. The monoisotopic (exact) mass is 200 g/mol. The minimum Gasteiger partial charge on any atom is -0.172 e. The van der Waals surface area contributed by atoms with E-state index in [1.807, 2.05) is 0 Å². The molecule has 0 aliphatic rings. The molecule has 0 unspecified atom stereocenters. The second-order valence-electron chi connectivity index (χ2n) is 1.38. The Hall–Kier alpha value is -0.140. The molecule has 0 fully saturated rings. The maximum Gasteiger partial charge on any atom is 0.549 e. The first kappa shape index (κ1) is 10.9. The molecule has 0 spiro atoms. The highest BCUT2D eigenvalue weighted by Gasteiger charge is 2.39. The molecule has 0 saturated heterocycles. The summed E-state index contributed by atoms with van der Waals surface area (Å²) in [7, 11) is 0. The van der Waals surface area contributed by atoms with E-state index < -0.39 is 18.4 Å². The van der Waals surface area contributed by atoms with Gasteiger partial charge in [0.2, 0.25) is 0 Å². The normalized spacial score (nSPS) is 13.6. The van der Waals surface area contributed by atoms with E-state index in [1.165, 1.54) is 0 Å². The molecule has 0 aliphatic carbocycles. The lowest BCUT2D eigenvalue weighted by atomic mass is 10.8. The van der Waals surface area contributed by atoms with Crippen molar-refractivity contribution in [1.29, 1.82) is 0 Å². The third-order valence-corrected chi connectivity index (χ3v) is 0.725. The van der Waals surface area contributed by atoms with E-state index in [1.54, 1.807) is 0 Å². The summed E-state index contributed by atoms with van der Waals surface area (Å²) in [5, 5.41) is 0. The molecule has 0 radical (unpaired) electrons. The van der Waals surface area contributed by atoms with Crippen LogP contribution in [0, 0.1) is 0 Å². The Morgan fingerprint density at radius 1 is 1.00 bits per heavy atom. The van der Waals surface area contributed by atoms with E-state index in [0.717, 1.165) is 0 Å². The summed E-state index contributed by atoms with van der Waals surface area (Å²) in [5.41, 5.74) is 0. The highest BCUT2D eigenvalue weighted by atomic mass is 35.5. The van der Waals surface area contributed by atoms with Crippen molar-refractivity contribution >= 4 is 11.6 Å². The van der Waals surface area contributed by atoms with E-state index >= 15 is 0 Å². The van der Waals surface area contributed by atoms with Crippen LogP contribution < -0.4 is 0 Å². The molecule has 68 valence electrons. The van der Waals surface area contributed by atoms with Crippen molar-refractivity contribution in [3.8, 4) is 0 Å². The average Bonchev–Trinajstić information content (AvgIpc) is 1.83. The quantitative estimate of drug-likeness (QED) is 0.301. The van der Waals surface area contributed by atoms with Gasteiger partial charge in [0.25, 0.3) is 0 Å². The fraction of sp³-hybridized carbons (Fsp3) is 1.00. The minimum atomic E-state index is -5.25. The van der Waals surface area contributed by atoms with Gasteiger partial charge in [0, 0.05) is 0 Å². The van der Waals surface area contributed by atoms with Crippen LogP contribution >= 0.6 is 11.6 Å². The van der Waals surface area contributed by atoms with E-state index in [-0.39, 0.29) is 0 Å². The van der Waals surface area contributed by atoms with E-state index in [0.29, 0.717) is 0 Å². The topological polar surface area (TPSA) is 18.5 Å². The molecule has 0 amide bonds. The molecule has 0 N–H and O–H groups in total. The van der Waals surface area contributed by atoms with Crippen LogP contribution in [0.3, 0.4) is 0 Å². The van der Waals surface area contributed by atoms with Crippen molar-refractivity contribution in [2.75, 3.05) is 5.88 Å². The first-order chi connectivity index (χ1) is 4.77. The van der Waals surface area contributed by atoms with Crippen LogP contribution in [0.1, 0.15) is 0 Å². The van der Waals surface area contributed by atoms with Gasteiger partial charge in [-0.3, -0.25) is 0 Å². The minimum absolute atomic E-state index is 1.41. The van der Waals surface area contributed by atoms with E-state index in [4.69, 9.17) is 0 Å². The van der Waals surface area contributed by atoms with Crippen LogP contribution in [-0.4, -0.2) is 18.4 Å². The molecule has 0 aromatic carbocycles. The summed E-state index contributed by atoms with van der Waals surface area (Å²) in [4.78, 5) is 5.00. The maximum absolute atomic E-state index is 11.7. The largest absolute Gasteiger partial charge is 0.549 e. The molecule has 2 nitrogen and oxygen atoms in total. The van der Waals surface area contributed by atoms with Gasteiger partial charge in [-0.25, -0.2) is 0 Å². The molecule has 0 heterocycles. The number of rotatable bonds is 3. The Morgan fingerprint density at radius 2 is 1.45 bits per heavy atom. The van der Waals surface area contributed by atoms with Gasteiger partial charge >= 0.3 is 12.5 Å². The predicted octanol–water partition coefficient (Wildman–Crippen LogP) is 2.29. The third-order valence-electron chi connectivity index (χ3n) is 0.414. The Labute approximate surface area is 62.8 Å². The van der Waals surface area contributed by atoms with Crippen molar-refractivity contribution < 1.29 is 31.7 Å². The Balaban J connectivity index is 3.70. The zero-order valence-corrected chi connectivity index (χ0v) is 5.55. The van der Waals surface area contributed by atoms with Crippen LogP contribution in [0.2, 0.25) is 0 Å². The fourth-order valence-corrected chi connectivity index (χ4v) is 0.175. The summed E-state index contributed by atoms with van der Waals surface area (Å²) in [5.74, 6) is -1.41. The van der Waals surface area contributed by atoms with Crippen molar-refractivity contribution in [1.82, 2.24) is 0 Å². The molecule has 0 aromatic rings. The van der Waals surface area contributed by atoms with Crippen molar-refractivity contribution in [2.45, 2.75) is 12.5 Å². The van der Waals surface area contributed by atoms with E-state index in [2.05, 4.69) is 21.4 Å². The lowest BCUT2D eigenvalue weighted by molar-refractivity contribution is -0.544. The molecule has 0 rings (SSSR count). The van der Waals surface area contributed by atoms with Crippen molar-refractivity contribution in [3.63, 3.8) is 0 Å². The molecular formula is C3H2ClF5O2. The number of hydrogen-bond donors (Lipinski definition) is 0. The second kappa shape index (κ2) is 3.51. The Kier molecular flexibility index (Phi) is 3.46. The van der Waals surface area contributed by atoms with Gasteiger partial charge in [-0.2, -0.15) is 13.7 Å². The van der Waals surface area contributed by atoms with Crippen LogP contribution in [-0.2, 0) is 9.78 Å². The predicted molar refractivity (Wildman–Crippen MR) is 23.9 cm³/mol. The first-order valence-corrected chi connectivity index (χ1v) is 2.68. The summed E-state index contributed by atoms with van der Waals surface area (Å²) < 4.78 is 56.4. The molecular weight excluding hydrogens is 198 g/mol. The number of hydrogen-bond acceptors (Lipinski definition) is 2. The molecule has 8 heteroatoms. The van der Waals surface area contributed by atoms with Crippen molar-refractivity contribution in [3.05, 3.63) is 0 Å². The summed E-state index contributed by atoms with van der Waals surface area (Å²) >= 11 is 4.50. The highest BCUT2D eigenvalue weighted by molar-refractivity contribution is 6.18. The molecule has 0 saturated carbocycles. The van der Waals surface area contributed by atoms with Crippen LogP contribution in [0.4, 0.5) is 22.0 Å². The van der Waals surface area contributed by atoms with Crippen LogP contribution in [0.5, 0.6) is 0 Å².